The molecule has 12 N–H and O–H groups in total. The third-order valence-electron chi connectivity index (χ3n) is 2.75. The van der Waals surface area contributed by atoms with Crippen molar-refractivity contribution in [2.45, 2.75) is 43.8 Å². The van der Waals surface area contributed by atoms with Crippen molar-refractivity contribution in [3.63, 3.8) is 0 Å². The molecule has 0 aromatic heterocycles. The smallest absolute Gasteiger partial charge is 0.322 e. The molecular weight excluding hydrogens is 368 g/mol. The number of aliphatic hydroxyl groups excluding tert-OH is 1. The Hall–Kier alpha value is -1.44. The first-order valence-electron chi connectivity index (χ1n) is 7.80. The van der Waals surface area contributed by atoms with Crippen LogP contribution in [0.4, 0.5) is 0 Å². The van der Waals surface area contributed by atoms with Crippen molar-refractivity contribution in [1.29, 1.82) is 0 Å². The van der Waals surface area contributed by atoms with Crippen molar-refractivity contribution in [1.82, 2.24) is 0 Å². The van der Waals surface area contributed by atoms with Crippen LogP contribution in [0.2, 0.25) is 0 Å². The van der Waals surface area contributed by atoms with E-state index in [0.29, 0.717) is 19.4 Å². The first kappa shape index (κ1) is 29.3. The summed E-state index contributed by atoms with van der Waals surface area (Å²) in [6, 6.07) is -2.52. The molecule has 0 heterocycles. The summed E-state index contributed by atoms with van der Waals surface area (Å²) >= 11 is 1.60. The summed E-state index contributed by atoms with van der Waals surface area (Å²) in [4.78, 5) is 29.9. The fourth-order valence-corrected chi connectivity index (χ4v) is 1.57. The topological polar surface area (TPSA) is 236 Å². The fourth-order valence-electron chi connectivity index (χ4n) is 1.08. The maximum atomic E-state index is 10.1. The van der Waals surface area contributed by atoms with Crippen molar-refractivity contribution in [2.75, 3.05) is 25.2 Å². The molecule has 0 spiro atoms. The van der Waals surface area contributed by atoms with Crippen LogP contribution in [-0.2, 0) is 14.4 Å². The van der Waals surface area contributed by atoms with Gasteiger partial charge in [-0.3, -0.25) is 14.4 Å². The lowest BCUT2D eigenvalue weighted by molar-refractivity contribution is -0.140. The highest BCUT2D eigenvalue weighted by atomic mass is 32.2. The minimum atomic E-state index is -1.18. The zero-order chi connectivity index (χ0) is 21.1. The molecule has 0 aromatic carbocycles. The van der Waals surface area contributed by atoms with Gasteiger partial charge in [-0.2, -0.15) is 11.8 Å². The highest BCUT2D eigenvalue weighted by Gasteiger charge is 2.09. The van der Waals surface area contributed by atoms with E-state index in [0.717, 1.165) is 18.6 Å². The van der Waals surface area contributed by atoms with E-state index in [2.05, 4.69) is 0 Å². The predicted molar refractivity (Wildman–Crippen MR) is 99.8 cm³/mol. The van der Waals surface area contributed by atoms with Gasteiger partial charge in [0.05, 0.1) is 6.61 Å². The number of carboxylic acid groups (broad SMARTS) is 3. The molecule has 0 fully saturated rings. The Kier molecular flexibility index (Phi) is 22.4. The van der Waals surface area contributed by atoms with Crippen molar-refractivity contribution in [2.24, 2.45) is 22.9 Å². The van der Waals surface area contributed by atoms with Gasteiger partial charge in [0.2, 0.25) is 0 Å². The summed E-state index contributed by atoms with van der Waals surface area (Å²) < 4.78 is 0. The second-order valence-corrected chi connectivity index (χ2v) is 6.07. The Bertz CT molecular complexity index is 388. The second kappa shape index (κ2) is 19.9. The molecule has 11 nitrogen and oxygen atoms in total. The number of carbonyl (C=O) groups is 3. The SMILES string of the molecule is CSCC[C@H](N)C(=O)O.NCCCC[C@H](N)C(=O)O.N[C@@H](CO)C(=O)O. The molecule has 12 heteroatoms. The molecule has 156 valence electrons. The molecule has 0 saturated heterocycles. The maximum Gasteiger partial charge on any atom is 0.322 e. The Labute approximate surface area is 157 Å². The van der Waals surface area contributed by atoms with Gasteiger partial charge in [-0.15, -0.1) is 0 Å². The monoisotopic (exact) mass is 400 g/mol. The maximum absolute atomic E-state index is 10.1. The minimum absolute atomic E-state index is 0.505. The van der Waals surface area contributed by atoms with Crippen LogP contribution in [0, 0.1) is 0 Å². The number of aliphatic hydroxyl groups is 1. The van der Waals surface area contributed by atoms with Crippen molar-refractivity contribution in [3.8, 4) is 0 Å². The van der Waals surface area contributed by atoms with Gasteiger partial charge in [0.1, 0.15) is 18.1 Å². The number of unbranched alkanes of at least 4 members (excludes halogenated alkanes) is 1. The molecule has 0 aliphatic rings. The van der Waals surface area contributed by atoms with E-state index < -0.39 is 42.6 Å². The summed E-state index contributed by atoms with van der Waals surface area (Å²) in [6.07, 6.45) is 4.64. The Morgan fingerprint density at radius 2 is 1.27 bits per heavy atom. The quantitative estimate of drug-likeness (QED) is 0.177. The number of nitrogens with two attached hydrogens (primary N) is 4. The molecule has 0 aromatic rings. The van der Waals surface area contributed by atoms with Crippen molar-refractivity contribution >= 4 is 29.7 Å². The molecule has 0 bridgehead atoms. The van der Waals surface area contributed by atoms with Crippen LogP contribution in [0.15, 0.2) is 0 Å². The highest BCUT2D eigenvalue weighted by Crippen LogP contribution is 1.98. The highest BCUT2D eigenvalue weighted by molar-refractivity contribution is 7.98. The molecule has 0 radical (unpaired) electrons. The number of carboxylic acids is 3. The lowest BCUT2D eigenvalue weighted by Gasteiger charge is -2.03. The van der Waals surface area contributed by atoms with E-state index in [1.807, 2.05) is 6.26 Å². The standard InChI is InChI=1S/C6H14N2O2.C5H11NO2S.C3H7NO3/c7-4-2-1-3-5(8)6(9)10;1-9-3-2-4(6)5(7)8;4-2(1-5)3(6)7/h5H,1-4,7-8H2,(H,9,10);4H,2-3,6H2,1H3,(H,7,8);2,5H,1,4H2,(H,6,7)/t5-;4-;2-/m000/s1. The van der Waals surface area contributed by atoms with Crippen LogP contribution in [-0.4, -0.2) is 81.6 Å². The summed E-state index contributed by atoms with van der Waals surface area (Å²) in [5, 5.41) is 32.5. The Morgan fingerprint density at radius 1 is 0.846 bits per heavy atom. The largest absolute Gasteiger partial charge is 0.480 e. The number of hydrogen-bond acceptors (Lipinski definition) is 9. The van der Waals surface area contributed by atoms with Gasteiger partial charge in [-0.05, 0) is 37.8 Å². The van der Waals surface area contributed by atoms with E-state index in [9.17, 15) is 14.4 Å². The minimum Gasteiger partial charge on any atom is -0.480 e. The third-order valence-corrected chi connectivity index (χ3v) is 3.39. The van der Waals surface area contributed by atoms with E-state index in [4.69, 9.17) is 43.4 Å². The zero-order valence-corrected chi connectivity index (χ0v) is 15.7. The summed E-state index contributed by atoms with van der Waals surface area (Å²) in [5.41, 5.74) is 20.4. The average molecular weight is 400 g/mol. The second-order valence-electron chi connectivity index (χ2n) is 5.08. The first-order chi connectivity index (χ1) is 12.0. The molecule has 0 aliphatic carbocycles. The Balaban J connectivity index is -0.000000310. The van der Waals surface area contributed by atoms with E-state index >= 15 is 0 Å². The summed E-state index contributed by atoms with van der Waals surface area (Å²) in [6.45, 7) is 0.0989. The lowest BCUT2D eigenvalue weighted by atomic mass is 10.1. The van der Waals surface area contributed by atoms with Crippen LogP contribution in [0.5, 0.6) is 0 Å². The fraction of sp³-hybridized carbons (Fsp3) is 0.786. The predicted octanol–water partition coefficient (Wildman–Crippen LogP) is -1.93. The van der Waals surface area contributed by atoms with Crippen LogP contribution in [0.3, 0.4) is 0 Å². The molecule has 0 rings (SSSR count). The molecule has 0 unspecified atom stereocenters. The molecule has 26 heavy (non-hydrogen) atoms. The van der Waals surface area contributed by atoms with E-state index in [1.54, 1.807) is 11.8 Å². The van der Waals surface area contributed by atoms with Crippen molar-refractivity contribution in [3.05, 3.63) is 0 Å². The molecule has 0 amide bonds. The first-order valence-corrected chi connectivity index (χ1v) is 9.19. The Morgan fingerprint density at radius 3 is 1.54 bits per heavy atom. The zero-order valence-electron chi connectivity index (χ0n) is 14.9. The van der Waals surface area contributed by atoms with Crippen LogP contribution in [0.25, 0.3) is 0 Å². The van der Waals surface area contributed by atoms with E-state index in [1.165, 1.54) is 0 Å². The molecular formula is C14H32N4O7S. The summed E-state index contributed by atoms with van der Waals surface area (Å²) in [5.74, 6) is -2.21. The van der Waals surface area contributed by atoms with Crippen LogP contribution in [0.1, 0.15) is 25.7 Å². The third kappa shape index (κ3) is 22.6. The van der Waals surface area contributed by atoms with Gasteiger partial charge in [-0.25, -0.2) is 0 Å². The summed E-state index contributed by atoms with van der Waals surface area (Å²) in [7, 11) is 0. The van der Waals surface area contributed by atoms with Crippen molar-refractivity contribution < 1.29 is 34.8 Å². The van der Waals surface area contributed by atoms with Crippen LogP contribution < -0.4 is 22.9 Å². The number of thioether (sulfide) groups is 1. The average Bonchev–Trinajstić information content (AvgIpc) is 2.59. The van der Waals surface area contributed by atoms with Crippen LogP contribution >= 0.6 is 11.8 Å². The molecule has 3 atom stereocenters. The molecule has 0 aliphatic heterocycles. The number of aliphatic carboxylic acids is 3. The van der Waals surface area contributed by atoms with Gasteiger partial charge in [0.15, 0.2) is 0 Å². The van der Waals surface area contributed by atoms with Gasteiger partial charge < -0.3 is 43.4 Å². The number of hydrogen-bond donors (Lipinski definition) is 8. The number of rotatable bonds is 11. The lowest BCUT2D eigenvalue weighted by Crippen LogP contribution is -2.33. The van der Waals surface area contributed by atoms with E-state index in [-0.39, 0.29) is 0 Å². The van der Waals surface area contributed by atoms with Gasteiger partial charge in [-0.1, -0.05) is 6.42 Å². The molecule has 0 saturated carbocycles. The van der Waals surface area contributed by atoms with Gasteiger partial charge >= 0.3 is 17.9 Å². The normalized spacial score (nSPS) is 13.2. The van der Waals surface area contributed by atoms with Gasteiger partial charge in [0, 0.05) is 0 Å². The van der Waals surface area contributed by atoms with Gasteiger partial charge in [0.25, 0.3) is 0 Å².